The topological polar surface area (TPSA) is 83.7 Å². The maximum absolute atomic E-state index is 12.3. The van der Waals surface area contributed by atoms with E-state index in [0.29, 0.717) is 37.8 Å². The molecular weight excluding hydrogens is 302 g/mol. The van der Waals surface area contributed by atoms with Gasteiger partial charge in [0.1, 0.15) is 0 Å². The summed E-state index contributed by atoms with van der Waals surface area (Å²) in [5.41, 5.74) is 6.09. The van der Waals surface area contributed by atoms with Crippen molar-refractivity contribution in [2.24, 2.45) is 17.6 Å². The molecule has 3 atom stereocenters. The maximum Gasteiger partial charge on any atom is 0.222 e. The third kappa shape index (κ3) is 3.31. The van der Waals surface area contributed by atoms with E-state index in [1.54, 1.807) is 4.31 Å². The van der Waals surface area contributed by atoms with Crippen molar-refractivity contribution in [1.82, 2.24) is 9.21 Å². The fourth-order valence-electron chi connectivity index (χ4n) is 4.17. The van der Waals surface area contributed by atoms with E-state index in [4.69, 9.17) is 5.73 Å². The van der Waals surface area contributed by atoms with E-state index < -0.39 is 10.0 Å². The van der Waals surface area contributed by atoms with E-state index >= 15 is 0 Å². The molecule has 3 aliphatic rings. The number of nitrogens with two attached hydrogens (primary N) is 1. The standard InChI is InChI=1S/C15H27N3O3S/c16-14-6-5-12-10-17(11-13(12)14)15(19)4-3-9-22(20,21)18-7-1-2-8-18/h12-14H,1-11,16H2. The van der Waals surface area contributed by atoms with Gasteiger partial charge in [0.05, 0.1) is 5.75 Å². The Balaban J connectivity index is 1.43. The number of likely N-dealkylation sites (tertiary alicyclic amines) is 1. The number of rotatable bonds is 5. The van der Waals surface area contributed by atoms with Crippen LogP contribution in [0.4, 0.5) is 0 Å². The Hall–Kier alpha value is -0.660. The number of carbonyl (C=O) groups excluding carboxylic acids is 1. The molecule has 2 aliphatic heterocycles. The Morgan fingerprint density at radius 2 is 1.86 bits per heavy atom. The first-order valence-corrected chi connectivity index (χ1v) is 10.1. The van der Waals surface area contributed by atoms with Crippen molar-refractivity contribution in [3.8, 4) is 0 Å². The van der Waals surface area contributed by atoms with Gasteiger partial charge in [-0.3, -0.25) is 4.79 Å². The van der Waals surface area contributed by atoms with Crippen molar-refractivity contribution >= 4 is 15.9 Å². The molecule has 0 aromatic rings. The first-order valence-electron chi connectivity index (χ1n) is 8.48. The van der Waals surface area contributed by atoms with Gasteiger partial charge in [0.15, 0.2) is 0 Å². The highest BCUT2D eigenvalue weighted by molar-refractivity contribution is 7.89. The summed E-state index contributed by atoms with van der Waals surface area (Å²) < 4.78 is 25.8. The van der Waals surface area contributed by atoms with Crippen LogP contribution < -0.4 is 5.73 Å². The zero-order valence-corrected chi connectivity index (χ0v) is 13.9. The van der Waals surface area contributed by atoms with Crippen molar-refractivity contribution in [3.63, 3.8) is 0 Å². The average molecular weight is 329 g/mol. The molecule has 0 aromatic carbocycles. The summed E-state index contributed by atoms with van der Waals surface area (Å²) in [4.78, 5) is 14.2. The molecule has 2 heterocycles. The fourth-order valence-corrected chi connectivity index (χ4v) is 5.75. The molecule has 3 rings (SSSR count). The third-order valence-electron chi connectivity index (χ3n) is 5.52. The fraction of sp³-hybridized carbons (Fsp3) is 0.933. The van der Waals surface area contributed by atoms with Crippen molar-refractivity contribution in [3.05, 3.63) is 0 Å². The zero-order chi connectivity index (χ0) is 15.7. The number of amides is 1. The van der Waals surface area contributed by atoms with E-state index in [1.807, 2.05) is 4.90 Å². The molecule has 22 heavy (non-hydrogen) atoms. The first kappa shape index (κ1) is 16.2. The molecule has 0 aromatic heterocycles. The van der Waals surface area contributed by atoms with Gasteiger partial charge in [-0.05, 0) is 43.9 Å². The summed E-state index contributed by atoms with van der Waals surface area (Å²) >= 11 is 0. The molecule has 2 N–H and O–H groups in total. The quantitative estimate of drug-likeness (QED) is 0.791. The molecule has 1 saturated carbocycles. The van der Waals surface area contributed by atoms with Crippen LogP contribution in [0.2, 0.25) is 0 Å². The van der Waals surface area contributed by atoms with Crippen molar-refractivity contribution in [2.75, 3.05) is 31.9 Å². The summed E-state index contributed by atoms with van der Waals surface area (Å²) in [7, 11) is -3.16. The van der Waals surface area contributed by atoms with Crippen LogP contribution in [0, 0.1) is 11.8 Å². The van der Waals surface area contributed by atoms with Crippen LogP contribution in [0.1, 0.15) is 38.5 Å². The summed E-state index contributed by atoms with van der Waals surface area (Å²) in [6, 6.07) is 0.235. The van der Waals surface area contributed by atoms with Crippen LogP contribution in [0.5, 0.6) is 0 Å². The van der Waals surface area contributed by atoms with Crippen molar-refractivity contribution < 1.29 is 13.2 Å². The predicted octanol–water partition coefficient (Wildman–Crippen LogP) is 0.388. The van der Waals surface area contributed by atoms with Crippen LogP contribution in [0.25, 0.3) is 0 Å². The molecule has 0 radical (unpaired) electrons. The average Bonchev–Trinajstić information content (AvgIpc) is 3.17. The second-order valence-electron chi connectivity index (χ2n) is 6.99. The summed E-state index contributed by atoms with van der Waals surface area (Å²) in [6.45, 7) is 2.87. The van der Waals surface area contributed by atoms with Gasteiger partial charge in [0, 0.05) is 38.6 Å². The molecule has 3 fully saturated rings. The van der Waals surface area contributed by atoms with Crippen LogP contribution in [-0.4, -0.2) is 61.5 Å². The van der Waals surface area contributed by atoms with Crippen molar-refractivity contribution in [1.29, 1.82) is 0 Å². The second-order valence-corrected chi connectivity index (χ2v) is 9.08. The normalized spacial score (nSPS) is 32.6. The minimum atomic E-state index is -3.16. The summed E-state index contributed by atoms with van der Waals surface area (Å²) in [6.07, 6.45) is 4.87. The molecule has 7 heteroatoms. The van der Waals surface area contributed by atoms with Gasteiger partial charge < -0.3 is 10.6 Å². The number of sulfonamides is 1. The monoisotopic (exact) mass is 329 g/mol. The largest absolute Gasteiger partial charge is 0.342 e. The SMILES string of the molecule is NC1CCC2CN(C(=O)CCCS(=O)(=O)N3CCCC3)CC12. The lowest BCUT2D eigenvalue weighted by molar-refractivity contribution is -0.130. The lowest BCUT2D eigenvalue weighted by Crippen LogP contribution is -2.34. The van der Waals surface area contributed by atoms with E-state index in [2.05, 4.69) is 0 Å². The molecule has 0 bridgehead atoms. The molecule has 126 valence electrons. The van der Waals surface area contributed by atoms with E-state index in [1.165, 1.54) is 0 Å². The molecule has 2 saturated heterocycles. The molecular formula is C15H27N3O3S. The highest BCUT2D eigenvalue weighted by Crippen LogP contribution is 2.37. The van der Waals surface area contributed by atoms with Gasteiger partial charge in [-0.15, -0.1) is 0 Å². The lowest BCUT2D eigenvalue weighted by atomic mass is 9.98. The van der Waals surface area contributed by atoms with Gasteiger partial charge >= 0.3 is 0 Å². The van der Waals surface area contributed by atoms with E-state index in [-0.39, 0.29) is 17.7 Å². The molecule has 6 nitrogen and oxygen atoms in total. The van der Waals surface area contributed by atoms with Gasteiger partial charge in [-0.2, -0.15) is 0 Å². The van der Waals surface area contributed by atoms with E-state index in [9.17, 15) is 13.2 Å². The lowest BCUT2D eigenvalue weighted by Gasteiger charge is -2.19. The molecule has 1 amide bonds. The van der Waals surface area contributed by atoms with Gasteiger partial charge in [-0.25, -0.2) is 12.7 Å². The molecule has 0 spiro atoms. The van der Waals surface area contributed by atoms with Crippen LogP contribution in [0.3, 0.4) is 0 Å². The first-order chi connectivity index (χ1) is 10.5. The highest BCUT2D eigenvalue weighted by atomic mass is 32.2. The van der Waals surface area contributed by atoms with Crippen LogP contribution >= 0.6 is 0 Å². The minimum Gasteiger partial charge on any atom is -0.342 e. The van der Waals surface area contributed by atoms with Gasteiger partial charge in [-0.1, -0.05) is 0 Å². The van der Waals surface area contributed by atoms with Gasteiger partial charge in [0.2, 0.25) is 15.9 Å². The van der Waals surface area contributed by atoms with Crippen LogP contribution in [-0.2, 0) is 14.8 Å². The third-order valence-corrected chi connectivity index (χ3v) is 7.47. The Morgan fingerprint density at radius 3 is 2.55 bits per heavy atom. The Morgan fingerprint density at radius 1 is 1.14 bits per heavy atom. The Bertz CT molecular complexity index is 516. The number of nitrogens with zero attached hydrogens (tertiary/aromatic N) is 2. The van der Waals surface area contributed by atoms with Gasteiger partial charge in [0.25, 0.3) is 0 Å². The molecule has 1 aliphatic carbocycles. The van der Waals surface area contributed by atoms with Crippen LogP contribution in [0.15, 0.2) is 0 Å². The summed E-state index contributed by atoms with van der Waals surface area (Å²) in [5, 5.41) is 0. The second kappa shape index (κ2) is 6.45. The number of carbonyl (C=O) groups is 1. The Labute approximate surface area is 133 Å². The van der Waals surface area contributed by atoms with Crippen molar-refractivity contribution in [2.45, 2.75) is 44.6 Å². The Kier molecular flexibility index (Phi) is 4.75. The highest BCUT2D eigenvalue weighted by Gasteiger charge is 2.42. The smallest absolute Gasteiger partial charge is 0.222 e. The van der Waals surface area contributed by atoms with E-state index in [0.717, 1.165) is 38.8 Å². The number of hydrogen-bond donors (Lipinski definition) is 1. The predicted molar refractivity (Wildman–Crippen MR) is 84.6 cm³/mol. The zero-order valence-electron chi connectivity index (χ0n) is 13.1. The maximum atomic E-state index is 12.3. The number of hydrogen-bond acceptors (Lipinski definition) is 4. The summed E-state index contributed by atoms with van der Waals surface area (Å²) in [5.74, 6) is 1.21. The minimum absolute atomic E-state index is 0.0956. The number of fused-ring (bicyclic) bond motifs is 1. The molecule has 3 unspecified atom stereocenters.